The van der Waals surface area contributed by atoms with E-state index in [1.165, 1.54) is 0 Å². The molecule has 7 nitrogen and oxygen atoms in total. The molecule has 1 unspecified atom stereocenters. The Kier molecular flexibility index (Phi) is 4.90. The highest BCUT2D eigenvalue weighted by molar-refractivity contribution is 5.95. The number of likely N-dealkylation sites (tertiary alicyclic amines) is 1. The fourth-order valence-electron chi connectivity index (χ4n) is 3.84. The number of hydrogen-bond donors (Lipinski definition) is 2. The molecule has 2 N–H and O–H groups in total. The van der Waals surface area contributed by atoms with Crippen molar-refractivity contribution in [1.82, 2.24) is 24.9 Å². The second-order valence-corrected chi connectivity index (χ2v) is 7.09. The largest absolute Gasteiger partial charge is 0.353 e. The molecule has 2 fully saturated rings. The van der Waals surface area contributed by atoms with E-state index in [2.05, 4.69) is 20.6 Å². The lowest BCUT2D eigenvalue weighted by Gasteiger charge is -2.32. The molecule has 4 rings (SSSR count). The predicted octanol–water partition coefficient (Wildman–Crippen LogP) is 1.28. The zero-order valence-corrected chi connectivity index (χ0v) is 15.2. The van der Waals surface area contributed by atoms with Crippen LogP contribution in [0, 0.1) is 0 Å². The van der Waals surface area contributed by atoms with E-state index >= 15 is 0 Å². The van der Waals surface area contributed by atoms with Gasteiger partial charge in [0.25, 0.3) is 5.91 Å². The molecule has 0 aliphatic carbocycles. The van der Waals surface area contributed by atoms with Gasteiger partial charge in [-0.3, -0.25) is 14.4 Å². The van der Waals surface area contributed by atoms with Crippen LogP contribution in [-0.2, 0) is 7.05 Å². The van der Waals surface area contributed by atoms with Gasteiger partial charge in [0.15, 0.2) is 0 Å². The van der Waals surface area contributed by atoms with Crippen LogP contribution >= 0.6 is 0 Å². The van der Waals surface area contributed by atoms with Gasteiger partial charge >= 0.3 is 0 Å². The van der Waals surface area contributed by atoms with Gasteiger partial charge in [-0.1, -0.05) is 6.07 Å². The summed E-state index contributed by atoms with van der Waals surface area (Å²) in [6.45, 7) is 5.93. The van der Waals surface area contributed by atoms with E-state index in [1.54, 1.807) is 10.9 Å². The second-order valence-electron chi connectivity index (χ2n) is 7.09. The highest BCUT2D eigenvalue weighted by atomic mass is 16.2. The van der Waals surface area contributed by atoms with Gasteiger partial charge in [0.2, 0.25) is 0 Å². The zero-order valence-electron chi connectivity index (χ0n) is 15.2. The van der Waals surface area contributed by atoms with Crippen LogP contribution in [0.1, 0.15) is 16.8 Å². The van der Waals surface area contributed by atoms with Crippen molar-refractivity contribution in [3.05, 3.63) is 42.2 Å². The number of aryl methyl sites for hydroxylation is 1. The maximum atomic E-state index is 12.9. The van der Waals surface area contributed by atoms with Crippen LogP contribution in [0.25, 0.3) is 0 Å². The molecule has 2 aromatic rings. The van der Waals surface area contributed by atoms with Crippen molar-refractivity contribution in [3.8, 4) is 0 Å². The highest BCUT2D eigenvalue weighted by Gasteiger charge is 2.31. The van der Waals surface area contributed by atoms with Crippen molar-refractivity contribution < 1.29 is 4.79 Å². The summed E-state index contributed by atoms with van der Waals surface area (Å²) >= 11 is 0. The first-order chi connectivity index (χ1) is 12.7. The average molecular weight is 354 g/mol. The summed E-state index contributed by atoms with van der Waals surface area (Å²) in [5, 5.41) is 10.8. The number of anilines is 2. The van der Waals surface area contributed by atoms with Crippen LogP contribution < -0.4 is 10.6 Å². The molecule has 1 amide bonds. The molecule has 138 valence electrons. The summed E-state index contributed by atoms with van der Waals surface area (Å²) in [5.74, 6) is 0.123. The summed E-state index contributed by atoms with van der Waals surface area (Å²) in [5.41, 5.74) is 2.55. The van der Waals surface area contributed by atoms with E-state index in [1.807, 2.05) is 42.4 Å². The lowest BCUT2D eigenvalue weighted by molar-refractivity contribution is 0.0773. The number of nitrogens with zero attached hydrogens (tertiary/aromatic N) is 4. The zero-order chi connectivity index (χ0) is 17.9. The maximum Gasteiger partial charge on any atom is 0.253 e. The Bertz CT molecular complexity index is 767. The Hall–Kier alpha value is -2.38. The number of amides is 1. The number of carbonyl (C=O) groups excluding carboxylic acids is 1. The molecule has 0 saturated carbocycles. The van der Waals surface area contributed by atoms with E-state index in [9.17, 15) is 4.79 Å². The lowest BCUT2D eigenvalue weighted by Crippen LogP contribution is -2.49. The highest BCUT2D eigenvalue weighted by Crippen LogP contribution is 2.21. The third-order valence-electron chi connectivity index (χ3n) is 5.22. The monoisotopic (exact) mass is 354 g/mol. The predicted molar refractivity (Wildman–Crippen MR) is 102 cm³/mol. The summed E-state index contributed by atoms with van der Waals surface area (Å²) in [6.07, 6.45) is 4.75. The first-order valence-electron chi connectivity index (χ1n) is 9.29. The fourth-order valence-corrected chi connectivity index (χ4v) is 3.84. The van der Waals surface area contributed by atoms with Crippen molar-refractivity contribution in [2.24, 2.45) is 7.05 Å². The van der Waals surface area contributed by atoms with Gasteiger partial charge < -0.3 is 15.5 Å². The molecule has 26 heavy (non-hydrogen) atoms. The van der Waals surface area contributed by atoms with Crippen LogP contribution in [0.2, 0.25) is 0 Å². The van der Waals surface area contributed by atoms with Gasteiger partial charge in [0, 0.05) is 69.8 Å². The number of hydrogen-bond acceptors (Lipinski definition) is 5. The van der Waals surface area contributed by atoms with E-state index in [0.717, 1.165) is 62.6 Å². The second kappa shape index (κ2) is 7.47. The molecular weight excluding hydrogens is 328 g/mol. The van der Waals surface area contributed by atoms with Gasteiger partial charge in [-0.05, 0) is 24.6 Å². The van der Waals surface area contributed by atoms with Crippen LogP contribution in [-0.4, -0.2) is 70.8 Å². The molecule has 2 saturated heterocycles. The molecule has 7 heteroatoms. The Morgan fingerprint density at radius 2 is 2.08 bits per heavy atom. The third kappa shape index (κ3) is 3.73. The SMILES string of the molecule is Cn1cc(Nc2cccc(C(=O)N3CCC(N4CCNCC4)C3)c2)cn1. The Morgan fingerprint density at radius 3 is 2.85 bits per heavy atom. The van der Waals surface area contributed by atoms with E-state index < -0.39 is 0 Å². The molecule has 1 atom stereocenters. The molecule has 3 heterocycles. The van der Waals surface area contributed by atoms with Crippen molar-refractivity contribution >= 4 is 17.3 Å². The smallest absolute Gasteiger partial charge is 0.253 e. The first kappa shape index (κ1) is 17.1. The molecule has 0 radical (unpaired) electrons. The Morgan fingerprint density at radius 1 is 1.23 bits per heavy atom. The van der Waals surface area contributed by atoms with E-state index in [-0.39, 0.29) is 5.91 Å². The summed E-state index contributed by atoms with van der Waals surface area (Å²) in [6, 6.07) is 8.22. The van der Waals surface area contributed by atoms with E-state index in [4.69, 9.17) is 0 Å². The molecule has 1 aromatic heterocycles. The summed E-state index contributed by atoms with van der Waals surface area (Å²) in [4.78, 5) is 17.4. The van der Waals surface area contributed by atoms with Crippen molar-refractivity contribution in [2.75, 3.05) is 44.6 Å². The van der Waals surface area contributed by atoms with Crippen LogP contribution in [0.5, 0.6) is 0 Å². The molecule has 0 bridgehead atoms. The van der Waals surface area contributed by atoms with Crippen LogP contribution in [0.15, 0.2) is 36.7 Å². The summed E-state index contributed by atoms with van der Waals surface area (Å²) < 4.78 is 1.75. The molecule has 1 aromatic carbocycles. The molecule has 0 spiro atoms. The first-order valence-corrected chi connectivity index (χ1v) is 9.29. The Balaban J connectivity index is 1.41. The van der Waals surface area contributed by atoms with Gasteiger partial charge in [-0.25, -0.2) is 0 Å². The molecular formula is C19H26N6O. The number of aromatic nitrogens is 2. The summed E-state index contributed by atoms with van der Waals surface area (Å²) in [7, 11) is 1.88. The quantitative estimate of drug-likeness (QED) is 0.866. The van der Waals surface area contributed by atoms with Crippen LogP contribution in [0.3, 0.4) is 0 Å². The normalized spacial score (nSPS) is 21.1. The van der Waals surface area contributed by atoms with E-state index in [0.29, 0.717) is 6.04 Å². The minimum absolute atomic E-state index is 0.123. The molecule has 2 aliphatic heterocycles. The van der Waals surface area contributed by atoms with Crippen molar-refractivity contribution in [1.29, 1.82) is 0 Å². The Labute approximate surface area is 154 Å². The third-order valence-corrected chi connectivity index (χ3v) is 5.22. The minimum atomic E-state index is 0.123. The van der Waals surface area contributed by atoms with Crippen molar-refractivity contribution in [2.45, 2.75) is 12.5 Å². The molecule has 2 aliphatic rings. The number of rotatable bonds is 4. The average Bonchev–Trinajstić information content (AvgIpc) is 3.31. The van der Waals surface area contributed by atoms with Gasteiger partial charge in [0.05, 0.1) is 11.9 Å². The number of benzene rings is 1. The fraction of sp³-hybridized carbons (Fsp3) is 0.474. The topological polar surface area (TPSA) is 65.4 Å². The van der Waals surface area contributed by atoms with Crippen LogP contribution in [0.4, 0.5) is 11.4 Å². The lowest BCUT2D eigenvalue weighted by atomic mass is 10.1. The maximum absolute atomic E-state index is 12.9. The number of carbonyl (C=O) groups is 1. The van der Waals surface area contributed by atoms with Gasteiger partial charge in [-0.15, -0.1) is 0 Å². The van der Waals surface area contributed by atoms with Gasteiger partial charge in [-0.2, -0.15) is 5.10 Å². The van der Waals surface area contributed by atoms with Crippen molar-refractivity contribution in [3.63, 3.8) is 0 Å². The number of piperazine rings is 1. The minimum Gasteiger partial charge on any atom is -0.353 e. The number of nitrogens with one attached hydrogen (secondary N) is 2. The standard InChI is InChI=1S/C19H26N6O/c1-23-13-17(12-21-23)22-16-4-2-3-15(11-16)19(26)25-8-5-18(14-25)24-9-6-20-7-10-24/h2-4,11-13,18,20,22H,5-10,14H2,1H3. The van der Waals surface area contributed by atoms with Gasteiger partial charge in [0.1, 0.15) is 0 Å².